The maximum atomic E-state index is 12.2. The van der Waals surface area contributed by atoms with Crippen molar-refractivity contribution in [1.82, 2.24) is 9.88 Å². The lowest BCUT2D eigenvalue weighted by atomic mass is 9.76. The zero-order valence-electron chi connectivity index (χ0n) is 10.4. The maximum absolute atomic E-state index is 12.2. The maximum Gasteiger partial charge on any atom is 0.242 e. The third-order valence-electron chi connectivity index (χ3n) is 3.76. The molecule has 0 bridgehead atoms. The van der Waals surface area contributed by atoms with E-state index >= 15 is 0 Å². The van der Waals surface area contributed by atoms with Gasteiger partial charge < -0.3 is 10.6 Å². The van der Waals surface area contributed by atoms with Crippen LogP contribution < -0.4 is 5.73 Å². The molecule has 1 aliphatic rings. The van der Waals surface area contributed by atoms with Gasteiger partial charge in [0.15, 0.2) is 0 Å². The first-order chi connectivity index (χ1) is 8.04. The molecule has 4 nitrogen and oxygen atoms in total. The van der Waals surface area contributed by atoms with Crippen LogP contribution in [0.25, 0.3) is 0 Å². The molecule has 1 aliphatic carbocycles. The largest absolute Gasteiger partial charge is 0.337 e. The first-order valence-corrected chi connectivity index (χ1v) is 6.01. The van der Waals surface area contributed by atoms with Crippen LogP contribution in [0.5, 0.6) is 0 Å². The summed E-state index contributed by atoms with van der Waals surface area (Å²) >= 11 is 0. The van der Waals surface area contributed by atoms with E-state index in [-0.39, 0.29) is 11.9 Å². The molecule has 1 atom stereocenters. The van der Waals surface area contributed by atoms with Gasteiger partial charge in [-0.05, 0) is 43.9 Å². The summed E-state index contributed by atoms with van der Waals surface area (Å²) in [7, 11) is 1.82. The van der Waals surface area contributed by atoms with Crippen LogP contribution in [0.1, 0.15) is 37.8 Å². The molecule has 1 heterocycles. The molecule has 17 heavy (non-hydrogen) atoms. The van der Waals surface area contributed by atoms with Gasteiger partial charge in [-0.25, -0.2) is 0 Å². The highest BCUT2D eigenvalue weighted by Gasteiger charge is 2.42. The number of aromatic nitrogens is 1. The summed E-state index contributed by atoms with van der Waals surface area (Å²) in [6.07, 6.45) is 6.15. The number of hydrogen-bond acceptors (Lipinski definition) is 3. The summed E-state index contributed by atoms with van der Waals surface area (Å²) in [6.45, 7) is 2.01. The predicted octanol–water partition coefficient (Wildman–Crippen LogP) is 1.48. The molecule has 0 aromatic carbocycles. The summed E-state index contributed by atoms with van der Waals surface area (Å²) in [4.78, 5) is 18.0. The van der Waals surface area contributed by atoms with Gasteiger partial charge in [0, 0.05) is 19.4 Å². The molecule has 1 saturated carbocycles. The zero-order chi connectivity index (χ0) is 12.5. The quantitative estimate of drug-likeness (QED) is 0.860. The molecule has 1 unspecified atom stereocenters. The molecule has 2 N–H and O–H groups in total. The van der Waals surface area contributed by atoms with Crippen molar-refractivity contribution < 1.29 is 4.79 Å². The Morgan fingerprint density at radius 2 is 2.06 bits per heavy atom. The summed E-state index contributed by atoms with van der Waals surface area (Å²) in [5, 5.41) is 0. The van der Waals surface area contributed by atoms with Crippen molar-refractivity contribution in [3.63, 3.8) is 0 Å². The number of carbonyl (C=O) groups excluding carboxylic acids is 1. The van der Waals surface area contributed by atoms with Gasteiger partial charge in [-0.15, -0.1) is 0 Å². The molecular formula is C13H19N3O. The van der Waals surface area contributed by atoms with E-state index in [4.69, 9.17) is 5.73 Å². The van der Waals surface area contributed by atoms with Gasteiger partial charge in [-0.1, -0.05) is 0 Å². The van der Waals surface area contributed by atoms with Crippen molar-refractivity contribution in [3.05, 3.63) is 30.1 Å². The van der Waals surface area contributed by atoms with Crippen LogP contribution in [0, 0.1) is 0 Å². The first-order valence-electron chi connectivity index (χ1n) is 6.01. The van der Waals surface area contributed by atoms with Crippen LogP contribution in [0.4, 0.5) is 0 Å². The number of rotatable bonds is 3. The van der Waals surface area contributed by atoms with Crippen molar-refractivity contribution in [1.29, 1.82) is 0 Å². The average molecular weight is 233 g/mol. The van der Waals surface area contributed by atoms with E-state index in [2.05, 4.69) is 4.98 Å². The summed E-state index contributed by atoms with van der Waals surface area (Å²) in [5.74, 6) is 0.0491. The monoisotopic (exact) mass is 233 g/mol. The summed E-state index contributed by atoms with van der Waals surface area (Å²) in [6, 6.07) is 3.89. The fraction of sp³-hybridized carbons (Fsp3) is 0.538. The molecule has 1 fully saturated rings. The molecule has 0 aliphatic heterocycles. The van der Waals surface area contributed by atoms with Crippen LogP contribution in [-0.2, 0) is 4.79 Å². The van der Waals surface area contributed by atoms with Crippen molar-refractivity contribution in [2.75, 3.05) is 7.05 Å². The van der Waals surface area contributed by atoms with Crippen LogP contribution in [0.2, 0.25) is 0 Å². The fourth-order valence-electron chi connectivity index (χ4n) is 2.16. The Morgan fingerprint density at radius 3 is 2.53 bits per heavy atom. The molecule has 0 spiro atoms. The van der Waals surface area contributed by atoms with Crippen LogP contribution in [0.3, 0.4) is 0 Å². The van der Waals surface area contributed by atoms with Crippen LogP contribution >= 0.6 is 0 Å². The number of pyridine rings is 1. The van der Waals surface area contributed by atoms with E-state index in [9.17, 15) is 4.79 Å². The highest BCUT2D eigenvalue weighted by Crippen LogP contribution is 2.32. The van der Waals surface area contributed by atoms with Crippen LogP contribution in [0.15, 0.2) is 24.5 Å². The van der Waals surface area contributed by atoms with Gasteiger partial charge in [0.1, 0.15) is 0 Å². The predicted molar refractivity (Wildman–Crippen MR) is 66.2 cm³/mol. The van der Waals surface area contributed by atoms with E-state index in [1.165, 1.54) is 0 Å². The second kappa shape index (κ2) is 4.45. The number of amides is 1. The normalized spacial score (nSPS) is 19.2. The Kier molecular flexibility index (Phi) is 3.15. The third kappa shape index (κ3) is 2.17. The fourth-order valence-corrected chi connectivity index (χ4v) is 2.16. The van der Waals surface area contributed by atoms with Gasteiger partial charge in [0.25, 0.3) is 0 Å². The lowest BCUT2D eigenvalue weighted by Crippen LogP contribution is -2.59. The Balaban J connectivity index is 2.10. The minimum Gasteiger partial charge on any atom is -0.337 e. The Morgan fingerprint density at radius 1 is 1.47 bits per heavy atom. The molecule has 1 amide bonds. The van der Waals surface area contributed by atoms with Crippen molar-refractivity contribution in [2.45, 2.75) is 37.8 Å². The van der Waals surface area contributed by atoms with Gasteiger partial charge in [0.2, 0.25) is 5.91 Å². The lowest BCUT2D eigenvalue weighted by molar-refractivity contribution is -0.140. The van der Waals surface area contributed by atoms with Crippen LogP contribution in [-0.4, -0.2) is 28.4 Å². The minimum absolute atomic E-state index is 0.0338. The van der Waals surface area contributed by atoms with Gasteiger partial charge in [-0.3, -0.25) is 9.78 Å². The molecule has 4 heteroatoms. The number of hydrogen-bond donors (Lipinski definition) is 1. The number of nitrogens with zero attached hydrogens (tertiary/aromatic N) is 2. The summed E-state index contributed by atoms with van der Waals surface area (Å²) < 4.78 is 0. The average Bonchev–Trinajstić information content (AvgIpc) is 2.34. The Hall–Kier alpha value is -1.42. The standard InChI is InChI=1S/C13H19N3O/c1-10(11-4-8-15-9-5-11)16(2)12(17)13(14)6-3-7-13/h4-5,8-10H,3,6-7,14H2,1-2H3. The molecule has 1 aromatic heterocycles. The first kappa shape index (κ1) is 12.0. The highest BCUT2D eigenvalue weighted by atomic mass is 16.2. The van der Waals surface area contributed by atoms with E-state index in [0.29, 0.717) is 0 Å². The molecular weight excluding hydrogens is 214 g/mol. The van der Waals surface area contributed by atoms with Gasteiger partial charge in [0.05, 0.1) is 11.6 Å². The van der Waals surface area contributed by atoms with Crippen molar-refractivity contribution in [2.24, 2.45) is 5.73 Å². The molecule has 2 rings (SSSR count). The highest BCUT2D eigenvalue weighted by molar-refractivity contribution is 5.87. The van der Waals surface area contributed by atoms with E-state index in [0.717, 1.165) is 24.8 Å². The molecule has 1 aromatic rings. The van der Waals surface area contributed by atoms with Gasteiger partial charge >= 0.3 is 0 Å². The van der Waals surface area contributed by atoms with E-state index in [1.807, 2.05) is 26.1 Å². The zero-order valence-corrected chi connectivity index (χ0v) is 10.4. The van der Waals surface area contributed by atoms with Crippen molar-refractivity contribution in [3.8, 4) is 0 Å². The SMILES string of the molecule is CC(c1ccncc1)N(C)C(=O)C1(N)CCC1. The topological polar surface area (TPSA) is 59.2 Å². The number of nitrogens with two attached hydrogens (primary N) is 1. The second-order valence-electron chi connectivity index (χ2n) is 4.88. The van der Waals surface area contributed by atoms with E-state index < -0.39 is 5.54 Å². The van der Waals surface area contributed by atoms with Gasteiger partial charge in [-0.2, -0.15) is 0 Å². The number of carbonyl (C=O) groups is 1. The Bertz CT molecular complexity index is 400. The third-order valence-corrected chi connectivity index (χ3v) is 3.76. The van der Waals surface area contributed by atoms with Crippen molar-refractivity contribution >= 4 is 5.91 Å². The number of likely N-dealkylation sites (N-methyl/N-ethyl adjacent to an activating group) is 1. The lowest BCUT2D eigenvalue weighted by Gasteiger charge is -2.41. The minimum atomic E-state index is -0.615. The van der Waals surface area contributed by atoms with E-state index in [1.54, 1.807) is 17.3 Å². The second-order valence-corrected chi connectivity index (χ2v) is 4.88. The molecule has 0 radical (unpaired) electrons. The molecule has 92 valence electrons. The Labute approximate surface area is 102 Å². The smallest absolute Gasteiger partial charge is 0.242 e. The molecule has 0 saturated heterocycles. The summed E-state index contributed by atoms with van der Waals surface area (Å²) in [5.41, 5.74) is 6.53.